The number of benzene rings is 1. The standard InChI is InChI=1S/C23H27IN8O/c1-30(2)10-11-31(3)19-13-21(33-4)18(12-16(19)25)29-23-26-8-7-17(28-23)20-14-27-22-15(24)6-5-9-32(20)22/h5-9,12-14H,10-11,25H2,1-4H3,(H,26,28,29). The summed E-state index contributed by atoms with van der Waals surface area (Å²) in [5.74, 6) is 1.11. The van der Waals surface area contributed by atoms with Crippen molar-refractivity contribution >= 4 is 51.2 Å². The number of nitrogens with zero attached hydrogens (tertiary/aromatic N) is 6. The zero-order valence-electron chi connectivity index (χ0n) is 19.1. The molecular weight excluding hydrogens is 531 g/mol. The average Bonchev–Trinajstić information content (AvgIpc) is 3.23. The SMILES string of the molecule is COc1cc(N(C)CCN(C)C)c(N)cc1Nc1nccc(-c2cnc3c(I)cccn23)n1. The lowest BCUT2D eigenvalue weighted by molar-refractivity contribution is 0.413. The van der Waals surface area contributed by atoms with Gasteiger partial charge in [0.1, 0.15) is 5.75 Å². The molecule has 0 unspecified atom stereocenters. The van der Waals surface area contributed by atoms with Crippen LogP contribution in [0.25, 0.3) is 17.0 Å². The minimum absolute atomic E-state index is 0.444. The summed E-state index contributed by atoms with van der Waals surface area (Å²) in [6, 6.07) is 9.67. The lowest BCUT2D eigenvalue weighted by atomic mass is 10.2. The second kappa shape index (κ2) is 9.79. The van der Waals surface area contributed by atoms with Gasteiger partial charge in [0, 0.05) is 38.6 Å². The summed E-state index contributed by atoms with van der Waals surface area (Å²) >= 11 is 2.28. The summed E-state index contributed by atoms with van der Waals surface area (Å²) in [5.41, 5.74) is 11.2. The van der Waals surface area contributed by atoms with E-state index in [4.69, 9.17) is 15.5 Å². The van der Waals surface area contributed by atoms with Crippen molar-refractivity contribution in [3.05, 3.63) is 52.5 Å². The molecule has 10 heteroatoms. The summed E-state index contributed by atoms with van der Waals surface area (Å²) in [4.78, 5) is 17.9. The molecule has 0 aliphatic rings. The molecule has 33 heavy (non-hydrogen) atoms. The van der Waals surface area contributed by atoms with Crippen LogP contribution in [0.3, 0.4) is 0 Å². The van der Waals surface area contributed by atoms with E-state index in [9.17, 15) is 0 Å². The summed E-state index contributed by atoms with van der Waals surface area (Å²) in [6.07, 6.45) is 5.52. The molecule has 9 nitrogen and oxygen atoms in total. The molecule has 0 saturated heterocycles. The van der Waals surface area contributed by atoms with E-state index in [1.807, 2.05) is 68.3 Å². The smallest absolute Gasteiger partial charge is 0.227 e. The first kappa shape index (κ1) is 23.1. The highest BCUT2D eigenvalue weighted by molar-refractivity contribution is 14.1. The zero-order chi connectivity index (χ0) is 23.5. The number of imidazole rings is 1. The Kier molecular flexibility index (Phi) is 6.84. The monoisotopic (exact) mass is 558 g/mol. The van der Waals surface area contributed by atoms with Gasteiger partial charge in [0.2, 0.25) is 5.95 Å². The third-order valence-corrected chi connectivity index (χ3v) is 6.14. The van der Waals surface area contributed by atoms with Crippen molar-refractivity contribution in [2.24, 2.45) is 0 Å². The summed E-state index contributed by atoms with van der Waals surface area (Å²) in [5, 5.41) is 3.26. The van der Waals surface area contributed by atoms with E-state index >= 15 is 0 Å². The van der Waals surface area contributed by atoms with Crippen LogP contribution in [0, 0.1) is 3.57 Å². The maximum atomic E-state index is 6.39. The van der Waals surface area contributed by atoms with Crippen LogP contribution in [-0.4, -0.2) is 65.6 Å². The predicted octanol–water partition coefficient (Wildman–Crippen LogP) is 3.73. The summed E-state index contributed by atoms with van der Waals surface area (Å²) in [6.45, 7) is 1.76. The second-order valence-corrected chi connectivity index (χ2v) is 9.08. The molecule has 0 amide bonds. The van der Waals surface area contributed by atoms with Gasteiger partial charge >= 0.3 is 0 Å². The molecule has 172 valence electrons. The lowest BCUT2D eigenvalue weighted by Crippen LogP contribution is -2.29. The number of nitrogens with one attached hydrogen (secondary N) is 1. The number of anilines is 4. The van der Waals surface area contributed by atoms with Crippen LogP contribution in [-0.2, 0) is 0 Å². The number of methoxy groups -OCH3 is 1. The third kappa shape index (κ3) is 4.96. The topological polar surface area (TPSA) is 96.8 Å². The molecule has 0 aliphatic carbocycles. The fraction of sp³-hybridized carbons (Fsp3) is 0.261. The Morgan fingerprint density at radius 1 is 1.15 bits per heavy atom. The number of ether oxygens (including phenoxy) is 1. The molecule has 0 aliphatic heterocycles. The predicted molar refractivity (Wildman–Crippen MR) is 141 cm³/mol. The molecule has 4 rings (SSSR count). The molecule has 0 bridgehead atoms. The lowest BCUT2D eigenvalue weighted by Gasteiger charge is -2.24. The van der Waals surface area contributed by atoms with Gasteiger partial charge in [-0.25, -0.2) is 15.0 Å². The average molecular weight is 558 g/mol. The van der Waals surface area contributed by atoms with Crippen molar-refractivity contribution in [2.75, 3.05) is 57.3 Å². The Morgan fingerprint density at radius 3 is 2.73 bits per heavy atom. The molecular formula is C23H27IN8O. The molecule has 0 saturated carbocycles. The van der Waals surface area contributed by atoms with Gasteiger partial charge < -0.3 is 25.6 Å². The fourth-order valence-electron chi connectivity index (χ4n) is 3.50. The normalized spacial score (nSPS) is 11.2. The van der Waals surface area contributed by atoms with Gasteiger partial charge in [-0.2, -0.15) is 0 Å². The number of aromatic nitrogens is 4. The van der Waals surface area contributed by atoms with Gasteiger partial charge in [-0.15, -0.1) is 0 Å². The fourth-order valence-corrected chi connectivity index (χ4v) is 4.11. The van der Waals surface area contributed by atoms with Crippen molar-refractivity contribution in [1.82, 2.24) is 24.3 Å². The van der Waals surface area contributed by atoms with Gasteiger partial charge in [0.25, 0.3) is 0 Å². The maximum Gasteiger partial charge on any atom is 0.227 e. The van der Waals surface area contributed by atoms with Gasteiger partial charge in [0.05, 0.1) is 45.3 Å². The minimum Gasteiger partial charge on any atom is -0.494 e. The highest BCUT2D eigenvalue weighted by atomic mass is 127. The van der Waals surface area contributed by atoms with Crippen LogP contribution < -0.4 is 20.7 Å². The van der Waals surface area contributed by atoms with Crippen molar-refractivity contribution in [1.29, 1.82) is 0 Å². The minimum atomic E-state index is 0.444. The van der Waals surface area contributed by atoms with Crippen LogP contribution in [0.2, 0.25) is 0 Å². The number of hydrogen-bond donors (Lipinski definition) is 2. The Morgan fingerprint density at radius 2 is 1.97 bits per heavy atom. The molecule has 3 N–H and O–H groups in total. The van der Waals surface area contributed by atoms with E-state index < -0.39 is 0 Å². The molecule has 4 aromatic rings. The molecule has 0 radical (unpaired) electrons. The van der Waals surface area contributed by atoms with Crippen molar-refractivity contribution in [3.63, 3.8) is 0 Å². The number of pyridine rings is 1. The number of nitrogen functional groups attached to an aromatic ring is 1. The van der Waals surface area contributed by atoms with Crippen LogP contribution in [0.1, 0.15) is 0 Å². The largest absolute Gasteiger partial charge is 0.494 e. The van der Waals surface area contributed by atoms with E-state index in [0.717, 1.165) is 39.4 Å². The number of hydrogen-bond acceptors (Lipinski definition) is 8. The van der Waals surface area contributed by atoms with Gasteiger partial charge in [-0.1, -0.05) is 0 Å². The van der Waals surface area contributed by atoms with Crippen LogP contribution in [0.15, 0.2) is 48.9 Å². The quantitative estimate of drug-likeness (QED) is 0.250. The molecule has 3 aromatic heterocycles. The van der Waals surface area contributed by atoms with Gasteiger partial charge in [-0.3, -0.25) is 4.40 Å². The Labute approximate surface area is 206 Å². The number of fused-ring (bicyclic) bond motifs is 1. The van der Waals surface area contributed by atoms with E-state index in [-0.39, 0.29) is 0 Å². The summed E-state index contributed by atoms with van der Waals surface area (Å²) < 4.78 is 8.73. The van der Waals surface area contributed by atoms with Crippen molar-refractivity contribution in [2.45, 2.75) is 0 Å². The first-order valence-electron chi connectivity index (χ1n) is 10.4. The van der Waals surface area contributed by atoms with Gasteiger partial charge in [-0.05, 0) is 61.0 Å². The maximum absolute atomic E-state index is 6.39. The highest BCUT2D eigenvalue weighted by Gasteiger charge is 2.15. The summed E-state index contributed by atoms with van der Waals surface area (Å²) in [7, 11) is 7.75. The molecule has 0 atom stereocenters. The van der Waals surface area contributed by atoms with Crippen LogP contribution in [0.5, 0.6) is 5.75 Å². The number of rotatable bonds is 8. The Balaban J connectivity index is 1.63. The van der Waals surface area contributed by atoms with Crippen LogP contribution >= 0.6 is 22.6 Å². The molecule has 0 fully saturated rings. The highest BCUT2D eigenvalue weighted by Crippen LogP contribution is 2.36. The van der Waals surface area contributed by atoms with E-state index in [1.165, 1.54) is 0 Å². The van der Waals surface area contributed by atoms with Crippen LogP contribution in [0.4, 0.5) is 23.0 Å². The van der Waals surface area contributed by atoms with Crippen molar-refractivity contribution in [3.8, 4) is 17.1 Å². The molecule has 0 spiro atoms. The third-order valence-electron chi connectivity index (χ3n) is 5.30. The Bertz CT molecular complexity index is 1270. The first-order chi connectivity index (χ1) is 15.9. The molecule has 1 aromatic carbocycles. The van der Waals surface area contributed by atoms with E-state index in [1.54, 1.807) is 13.3 Å². The van der Waals surface area contributed by atoms with E-state index in [2.05, 4.69) is 47.7 Å². The number of halogens is 1. The molecule has 3 heterocycles. The van der Waals surface area contributed by atoms with Crippen molar-refractivity contribution < 1.29 is 4.74 Å². The number of likely N-dealkylation sites (N-methyl/N-ethyl adjacent to an activating group) is 2. The zero-order valence-corrected chi connectivity index (χ0v) is 21.2. The van der Waals surface area contributed by atoms with E-state index in [0.29, 0.717) is 23.1 Å². The van der Waals surface area contributed by atoms with Gasteiger partial charge in [0.15, 0.2) is 5.65 Å². The number of nitrogens with two attached hydrogens (primary N) is 1. The first-order valence-corrected chi connectivity index (χ1v) is 11.5. The second-order valence-electron chi connectivity index (χ2n) is 7.92. The Hall–Kier alpha value is -3.12.